The van der Waals surface area contributed by atoms with Crippen molar-refractivity contribution in [2.24, 2.45) is 5.73 Å². The lowest BCUT2D eigenvalue weighted by atomic mass is 9.97. The number of nitrogens with zero attached hydrogens (tertiary/aromatic N) is 2. The summed E-state index contributed by atoms with van der Waals surface area (Å²) in [6.07, 6.45) is 6.36. The van der Waals surface area contributed by atoms with Gasteiger partial charge in [0.1, 0.15) is 0 Å². The van der Waals surface area contributed by atoms with E-state index >= 15 is 0 Å². The summed E-state index contributed by atoms with van der Waals surface area (Å²) in [7, 11) is 0. The first-order chi connectivity index (χ1) is 7.90. The average molecular weight is 213 g/mol. The van der Waals surface area contributed by atoms with Crippen LogP contribution in [-0.4, -0.2) is 16.5 Å². The molecule has 0 spiro atoms. The zero-order chi connectivity index (χ0) is 11.2. The van der Waals surface area contributed by atoms with Gasteiger partial charge in [0.2, 0.25) is 0 Å². The minimum atomic E-state index is 0.269. The van der Waals surface area contributed by atoms with Crippen LogP contribution in [0.1, 0.15) is 17.2 Å². The molecule has 0 bridgehead atoms. The van der Waals surface area contributed by atoms with E-state index in [4.69, 9.17) is 5.73 Å². The summed E-state index contributed by atoms with van der Waals surface area (Å²) < 4.78 is 0. The molecule has 0 saturated carbocycles. The van der Waals surface area contributed by atoms with Gasteiger partial charge < -0.3 is 5.73 Å². The molecule has 0 aromatic carbocycles. The summed E-state index contributed by atoms with van der Waals surface area (Å²) in [6.45, 7) is 0.603. The fraction of sp³-hybridized carbons (Fsp3) is 0.231. The maximum atomic E-state index is 5.79. The smallest absolute Gasteiger partial charge is 0.0450 e. The molecule has 0 aliphatic carbocycles. The number of hydrogen-bond donors (Lipinski definition) is 1. The number of pyridine rings is 2. The molecule has 0 fully saturated rings. The fourth-order valence-corrected chi connectivity index (χ4v) is 1.73. The molecule has 1 unspecified atom stereocenters. The second-order valence-electron chi connectivity index (χ2n) is 3.75. The predicted octanol–water partition coefficient (Wildman–Crippen LogP) is 1.76. The average Bonchev–Trinajstić information content (AvgIpc) is 2.38. The maximum Gasteiger partial charge on any atom is 0.0450 e. The van der Waals surface area contributed by atoms with Crippen LogP contribution >= 0.6 is 0 Å². The molecule has 0 amide bonds. The Bertz CT molecular complexity index is 414. The van der Waals surface area contributed by atoms with Gasteiger partial charge in [-0.15, -0.1) is 0 Å². The Labute approximate surface area is 95.4 Å². The molecule has 0 saturated heterocycles. The summed E-state index contributed by atoms with van der Waals surface area (Å²) in [5, 5.41) is 0. The Kier molecular flexibility index (Phi) is 3.62. The highest BCUT2D eigenvalue weighted by atomic mass is 14.7. The van der Waals surface area contributed by atoms with Crippen LogP contribution in [0.3, 0.4) is 0 Å². The van der Waals surface area contributed by atoms with Crippen molar-refractivity contribution in [3.63, 3.8) is 0 Å². The van der Waals surface area contributed by atoms with Crippen LogP contribution < -0.4 is 5.73 Å². The van der Waals surface area contributed by atoms with Crippen molar-refractivity contribution >= 4 is 0 Å². The quantitative estimate of drug-likeness (QED) is 0.842. The van der Waals surface area contributed by atoms with Gasteiger partial charge in [-0.25, -0.2) is 0 Å². The van der Waals surface area contributed by atoms with Crippen molar-refractivity contribution in [2.75, 3.05) is 6.54 Å². The van der Waals surface area contributed by atoms with Crippen LogP contribution in [0.5, 0.6) is 0 Å². The predicted molar refractivity (Wildman–Crippen MR) is 64.0 cm³/mol. The fourth-order valence-electron chi connectivity index (χ4n) is 1.73. The van der Waals surface area contributed by atoms with Gasteiger partial charge in [-0.05, 0) is 30.2 Å². The van der Waals surface area contributed by atoms with Crippen molar-refractivity contribution in [1.29, 1.82) is 0 Å². The Morgan fingerprint density at radius 3 is 2.69 bits per heavy atom. The van der Waals surface area contributed by atoms with E-state index in [-0.39, 0.29) is 5.92 Å². The zero-order valence-electron chi connectivity index (χ0n) is 9.08. The third-order valence-electron chi connectivity index (χ3n) is 2.60. The molecular weight excluding hydrogens is 198 g/mol. The first-order valence-corrected chi connectivity index (χ1v) is 5.40. The van der Waals surface area contributed by atoms with Gasteiger partial charge in [0.05, 0.1) is 0 Å². The molecule has 2 rings (SSSR count). The van der Waals surface area contributed by atoms with Crippen molar-refractivity contribution in [3.05, 3.63) is 60.2 Å². The molecule has 0 radical (unpaired) electrons. The van der Waals surface area contributed by atoms with Crippen LogP contribution in [0.25, 0.3) is 0 Å². The Morgan fingerprint density at radius 1 is 1.12 bits per heavy atom. The van der Waals surface area contributed by atoms with Crippen molar-refractivity contribution < 1.29 is 0 Å². The Morgan fingerprint density at radius 2 is 2.06 bits per heavy atom. The van der Waals surface area contributed by atoms with E-state index < -0.39 is 0 Å². The molecule has 2 N–H and O–H groups in total. The highest BCUT2D eigenvalue weighted by Gasteiger charge is 2.11. The number of rotatable bonds is 4. The van der Waals surface area contributed by atoms with Crippen molar-refractivity contribution in [2.45, 2.75) is 12.3 Å². The molecular formula is C13H15N3. The third kappa shape index (κ3) is 2.64. The Balaban J connectivity index is 2.13. The van der Waals surface area contributed by atoms with E-state index in [0.29, 0.717) is 6.54 Å². The van der Waals surface area contributed by atoms with Crippen LogP contribution in [0.4, 0.5) is 0 Å². The van der Waals surface area contributed by atoms with Gasteiger partial charge in [-0.3, -0.25) is 9.97 Å². The zero-order valence-corrected chi connectivity index (χ0v) is 9.08. The topological polar surface area (TPSA) is 51.8 Å². The number of aromatic nitrogens is 2. The normalized spacial score (nSPS) is 12.3. The van der Waals surface area contributed by atoms with Crippen LogP contribution in [-0.2, 0) is 6.42 Å². The Hall–Kier alpha value is -1.74. The first kappa shape index (κ1) is 10.8. The van der Waals surface area contributed by atoms with Crippen molar-refractivity contribution in [3.8, 4) is 0 Å². The SMILES string of the molecule is NCC(Cc1cccnc1)c1ccccn1. The molecule has 2 heterocycles. The highest BCUT2D eigenvalue weighted by Crippen LogP contribution is 2.16. The molecule has 1 atom stereocenters. The van der Waals surface area contributed by atoms with Crippen LogP contribution in [0, 0.1) is 0 Å². The number of nitrogens with two attached hydrogens (primary N) is 1. The summed E-state index contributed by atoms with van der Waals surface area (Å²) in [5.41, 5.74) is 8.04. The molecule has 2 aromatic rings. The molecule has 0 aliphatic heterocycles. The van der Waals surface area contributed by atoms with E-state index in [9.17, 15) is 0 Å². The summed E-state index contributed by atoms with van der Waals surface area (Å²) in [5.74, 6) is 0.269. The minimum Gasteiger partial charge on any atom is -0.330 e. The highest BCUT2D eigenvalue weighted by molar-refractivity contribution is 5.17. The van der Waals surface area contributed by atoms with Crippen LogP contribution in [0.15, 0.2) is 48.9 Å². The molecule has 3 nitrogen and oxygen atoms in total. The summed E-state index contributed by atoms with van der Waals surface area (Å²) in [6, 6.07) is 9.95. The monoisotopic (exact) mass is 213 g/mol. The van der Waals surface area contributed by atoms with Gasteiger partial charge in [-0.2, -0.15) is 0 Å². The molecule has 2 aromatic heterocycles. The first-order valence-electron chi connectivity index (χ1n) is 5.40. The van der Waals surface area contributed by atoms with Crippen LogP contribution in [0.2, 0.25) is 0 Å². The summed E-state index contributed by atoms with van der Waals surface area (Å²) >= 11 is 0. The van der Waals surface area contributed by atoms with Gasteiger partial charge in [0, 0.05) is 36.7 Å². The van der Waals surface area contributed by atoms with E-state index in [2.05, 4.69) is 16.0 Å². The standard InChI is InChI=1S/C13H15N3/c14-9-12(13-5-1-2-7-16-13)8-11-4-3-6-15-10-11/h1-7,10,12H,8-9,14H2. The third-order valence-corrected chi connectivity index (χ3v) is 2.60. The van der Waals surface area contributed by atoms with E-state index in [0.717, 1.165) is 12.1 Å². The van der Waals surface area contributed by atoms with Gasteiger partial charge in [0.25, 0.3) is 0 Å². The van der Waals surface area contributed by atoms with Gasteiger partial charge in [-0.1, -0.05) is 12.1 Å². The second-order valence-corrected chi connectivity index (χ2v) is 3.75. The summed E-state index contributed by atoms with van der Waals surface area (Å²) in [4.78, 5) is 8.45. The molecule has 16 heavy (non-hydrogen) atoms. The van der Waals surface area contributed by atoms with E-state index in [1.54, 1.807) is 12.4 Å². The maximum absolute atomic E-state index is 5.79. The number of hydrogen-bond acceptors (Lipinski definition) is 3. The lowest BCUT2D eigenvalue weighted by molar-refractivity contribution is 0.671. The molecule has 3 heteroatoms. The molecule has 82 valence electrons. The largest absolute Gasteiger partial charge is 0.330 e. The van der Waals surface area contributed by atoms with E-state index in [1.807, 2.05) is 30.5 Å². The van der Waals surface area contributed by atoms with Gasteiger partial charge >= 0.3 is 0 Å². The lowest BCUT2D eigenvalue weighted by Gasteiger charge is -2.13. The van der Waals surface area contributed by atoms with E-state index in [1.165, 1.54) is 5.56 Å². The minimum absolute atomic E-state index is 0.269. The lowest BCUT2D eigenvalue weighted by Crippen LogP contribution is -2.16. The molecule has 0 aliphatic rings. The van der Waals surface area contributed by atoms with Crippen molar-refractivity contribution in [1.82, 2.24) is 9.97 Å². The van der Waals surface area contributed by atoms with Gasteiger partial charge in [0.15, 0.2) is 0 Å². The second kappa shape index (κ2) is 5.37.